The van der Waals surface area contributed by atoms with Gasteiger partial charge in [0, 0.05) is 44.4 Å². The third-order valence-corrected chi connectivity index (χ3v) is 4.87. The van der Waals surface area contributed by atoms with E-state index in [0.717, 1.165) is 48.7 Å². The highest BCUT2D eigenvalue weighted by Crippen LogP contribution is 2.25. The molecule has 0 bridgehead atoms. The summed E-state index contributed by atoms with van der Waals surface area (Å²) in [7, 11) is 1.63. The van der Waals surface area contributed by atoms with Crippen LogP contribution in [0.2, 0.25) is 0 Å². The number of nitrogens with zero attached hydrogens (tertiary/aromatic N) is 3. The van der Waals surface area contributed by atoms with E-state index in [1.807, 2.05) is 42.5 Å². The van der Waals surface area contributed by atoms with Gasteiger partial charge in [-0.3, -0.25) is 4.79 Å². The fourth-order valence-corrected chi connectivity index (χ4v) is 3.33. The van der Waals surface area contributed by atoms with Crippen molar-refractivity contribution in [1.82, 2.24) is 9.88 Å². The van der Waals surface area contributed by atoms with E-state index in [9.17, 15) is 9.59 Å². The van der Waals surface area contributed by atoms with Crippen LogP contribution in [0.15, 0.2) is 42.5 Å². The van der Waals surface area contributed by atoms with Crippen molar-refractivity contribution >= 4 is 23.5 Å². The zero-order valence-electron chi connectivity index (χ0n) is 15.6. The van der Waals surface area contributed by atoms with Gasteiger partial charge in [0.15, 0.2) is 0 Å². The monoisotopic (exact) mass is 368 g/mol. The van der Waals surface area contributed by atoms with E-state index in [1.54, 1.807) is 7.05 Å². The minimum atomic E-state index is -0.878. The van der Waals surface area contributed by atoms with Crippen molar-refractivity contribution in [2.45, 2.75) is 25.8 Å². The van der Waals surface area contributed by atoms with Gasteiger partial charge in [-0.05, 0) is 37.1 Å². The van der Waals surface area contributed by atoms with Crippen LogP contribution in [0.4, 0.5) is 16.3 Å². The number of carbonyl (C=O) groups excluding carboxylic acids is 1. The van der Waals surface area contributed by atoms with Gasteiger partial charge in [0.05, 0.1) is 5.69 Å². The minimum absolute atomic E-state index is 0.0586. The summed E-state index contributed by atoms with van der Waals surface area (Å²) < 4.78 is 0. The van der Waals surface area contributed by atoms with Gasteiger partial charge in [-0.1, -0.05) is 18.2 Å². The zero-order valence-corrected chi connectivity index (χ0v) is 15.6. The lowest BCUT2D eigenvalue weighted by Gasteiger charge is -2.36. The second-order valence-electron chi connectivity index (χ2n) is 6.75. The third kappa shape index (κ3) is 4.55. The quantitative estimate of drug-likeness (QED) is 0.865. The predicted octanol–water partition coefficient (Wildman–Crippen LogP) is 3.29. The zero-order chi connectivity index (χ0) is 19.4. The van der Waals surface area contributed by atoms with Gasteiger partial charge in [-0.2, -0.15) is 0 Å². The molecule has 7 heteroatoms. The Labute approximate surface area is 158 Å². The molecular weight excluding hydrogens is 344 g/mol. The van der Waals surface area contributed by atoms with Crippen molar-refractivity contribution in [2.75, 3.05) is 30.4 Å². The highest BCUT2D eigenvalue weighted by Gasteiger charge is 2.25. The van der Waals surface area contributed by atoms with E-state index >= 15 is 0 Å². The molecule has 3 rings (SSSR count). The van der Waals surface area contributed by atoms with Crippen LogP contribution < -0.4 is 10.2 Å². The predicted molar refractivity (Wildman–Crippen MR) is 105 cm³/mol. The number of anilines is 2. The van der Waals surface area contributed by atoms with Crippen molar-refractivity contribution in [2.24, 2.45) is 0 Å². The largest absolute Gasteiger partial charge is 0.465 e. The van der Waals surface area contributed by atoms with Crippen LogP contribution in [-0.4, -0.2) is 53.2 Å². The normalized spacial score (nSPS) is 14.7. The molecule has 2 N–H and O–H groups in total. The van der Waals surface area contributed by atoms with Crippen LogP contribution in [0.5, 0.6) is 0 Å². The number of carboxylic acid groups (broad SMARTS) is 1. The molecule has 0 radical (unpaired) electrons. The van der Waals surface area contributed by atoms with Crippen molar-refractivity contribution in [3.8, 4) is 11.3 Å². The highest BCUT2D eigenvalue weighted by molar-refractivity contribution is 5.88. The van der Waals surface area contributed by atoms with Gasteiger partial charge in [0.25, 0.3) is 0 Å². The standard InChI is InChI=1S/C20H24N4O3/c1-14(25)21-16-8-6-15(7-9-16)18-4-3-5-19(22-18)24-12-10-17(11-13-24)23(2)20(26)27/h3-9,17H,10-13H2,1-2H3,(H,21,25)(H,26,27). The van der Waals surface area contributed by atoms with Gasteiger partial charge in [0.2, 0.25) is 5.91 Å². The number of amides is 2. The fraction of sp³-hybridized carbons (Fsp3) is 0.350. The molecular formula is C20H24N4O3. The average molecular weight is 368 g/mol. The minimum Gasteiger partial charge on any atom is -0.465 e. The van der Waals surface area contributed by atoms with Gasteiger partial charge < -0.3 is 20.2 Å². The van der Waals surface area contributed by atoms with Crippen LogP contribution in [0.1, 0.15) is 19.8 Å². The summed E-state index contributed by atoms with van der Waals surface area (Å²) in [5.41, 5.74) is 2.60. The Bertz CT molecular complexity index is 814. The SMILES string of the molecule is CC(=O)Nc1ccc(-c2cccc(N3CCC(N(C)C(=O)O)CC3)n2)cc1. The molecule has 0 unspecified atom stereocenters. The van der Waals surface area contributed by atoms with E-state index in [1.165, 1.54) is 11.8 Å². The number of nitrogens with one attached hydrogen (secondary N) is 1. The molecule has 27 heavy (non-hydrogen) atoms. The maximum atomic E-state index is 11.1. The van der Waals surface area contributed by atoms with Crippen LogP contribution in [0, 0.1) is 0 Å². The Morgan fingerprint density at radius 2 is 1.81 bits per heavy atom. The summed E-state index contributed by atoms with van der Waals surface area (Å²) in [5.74, 6) is 0.801. The van der Waals surface area contributed by atoms with E-state index in [2.05, 4.69) is 10.2 Å². The Morgan fingerprint density at radius 3 is 2.41 bits per heavy atom. The van der Waals surface area contributed by atoms with Crippen molar-refractivity contribution in [3.63, 3.8) is 0 Å². The first kappa shape index (κ1) is 18.7. The smallest absolute Gasteiger partial charge is 0.407 e. The van der Waals surface area contributed by atoms with Crippen LogP contribution in [0.25, 0.3) is 11.3 Å². The number of hydrogen-bond donors (Lipinski definition) is 2. The molecule has 0 aliphatic carbocycles. The second-order valence-corrected chi connectivity index (χ2v) is 6.75. The maximum Gasteiger partial charge on any atom is 0.407 e. The fourth-order valence-electron chi connectivity index (χ4n) is 3.33. The molecule has 1 aromatic heterocycles. The van der Waals surface area contributed by atoms with Gasteiger partial charge >= 0.3 is 6.09 Å². The molecule has 1 saturated heterocycles. The average Bonchev–Trinajstić information content (AvgIpc) is 2.68. The van der Waals surface area contributed by atoms with Gasteiger partial charge in [0.1, 0.15) is 5.82 Å². The molecule has 1 fully saturated rings. The van der Waals surface area contributed by atoms with Crippen LogP contribution in [0.3, 0.4) is 0 Å². The Morgan fingerprint density at radius 1 is 1.15 bits per heavy atom. The molecule has 2 heterocycles. The lowest BCUT2D eigenvalue weighted by atomic mass is 10.0. The summed E-state index contributed by atoms with van der Waals surface area (Å²) in [6.45, 7) is 3.04. The third-order valence-electron chi connectivity index (χ3n) is 4.87. The first-order valence-electron chi connectivity index (χ1n) is 9.00. The number of pyridine rings is 1. The van der Waals surface area contributed by atoms with E-state index in [0.29, 0.717) is 0 Å². The first-order valence-corrected chi connectivity index (χ1v) is 9.00. The topological polar surface area (TPSA) is 85.8 Å². The number of hydrogen-bond acceptors (Lipinski definition) is 4. The van der Waals surface area contributed by atoms with Gasteiger partial charge in [-0.25, -0.2) is 9.78 Å². The molecule has 0 atom stereocenters. The van der Waals surface area contributed by atoms with E-state index in [4.69, 9.17) is 10.1 Å². The van der Waals surface area contributed by atoms with Crippen molar-refractivity contribution in [1.29, 1.82) is 0 Å². The number of aromatic nitrogens is 1. The molecule has 2 amide bonds. The van der Waals surface area contributed by atoms with Crippen LogP contribution >= 0.6 is 0 Å². The van der Waals surface area contributed by atoms with E-state index < -0.39 is 6.09 Å². The number of carbonyl (C=O) groups is 2. The number of piperidine rings is 1. The molecule has 1 aliphatic heterocycles. The first-order chi connectivity index (χ1) is 12.9. The molecule has 2 aromatic rings. The molecule has 7 nitrogen and oxygen atoms in total. The summed E-state index contributed by atoms with van der Waals surface area (Å²) in [5, 5.41) is 11.9. The lowest BCUT2D eigenvalue weighted by molar-refractivity contribution is -0.114. The Kier molecular flexibility index (Phi) is 5.59. The summed E-state index contributed by atoms with van der Waals surface area (Å²) in [6.07, 6.45) is 0.705. The molecule has 1 aliphatic rings. The lowest BCUT2D eigenvalue weighted by Crippen LogP contribution is -2.45. The van der Waals surface area contributed by atoms with E-state index in [-0.39, 0.29) is 11.9 Å². The van der Waals surface area contributed by atoms with Crippen LogP contribution in [-0.2, 0) is 4.79 Å². The molecule has 1 aromatic carbocycles. The molecule has 0 saturated carbocycles. The number of benzene rings is 1. The van der Waals surface area contributed by atoms with Crippen molar-refractivity contribution < 1.29 is 14.7 Å². The summed E-state index contributed by atoms with van der Waals surface area (Å²) in [4.78, 5) is 30.6. The van der Waals surface area contributed by atoms with Crippen molar-refractivity contribution in [3.05, 3.63) is 42.5 Å². The summed E-state index contributed by atoms with van der Waals surface area (Å²) in [6, 6.07) is 13.6. The summed E-state index contributed by atoms with van der Waals surface area (Å²) >= 11 is 0. The molecule has 0 spiro atoms. The maximum absolute atomic E-state index is 11.1. The Balaban J connectivity index is 1.69. The van der Waals surface area contributed by atoms with Gasteiger partial charge in [-0.15, -0.1) is 0 Å². The number of rotatable bonds is 4. The molecule has 142 valence electrons. The highest BCUT2D eigenvalue weighted by atomic mass is 16.4. The Hall–Kier alpha value is -3.09. The second kappa shape index (κ2) is 8.07.